The summed E-state index contributed by atoms with van der Waals surface area (Å²) in [5, 5.41) is 8.89. The molecular weight excluding hydrogens is 622 g/mol. The molecule has 2 amide bonds. The summed E-state index contributed by atoms with van der Waals surface area (Å²) in [6, 6.07) is 7.66. The zero-order chi connectivity index (χ0) is 25.7. The molecule has 5 nitrogen and oxygen atoms in total. The van der Waals surface area contributed by atoms with Gasteiger partial charge in [0.2, 0.25) is 0 Å². The first-order valence-corrected chi connectivity index (χ1v) is 15.9. The highest BCUT2D eigenvalue weighted by molar-refractivity contribution is 9.11. The summed E-state index contributed by atoms with van der Waals surface area (Å²) in [7, 11) is 0. The molecule has 0 aliphatic carbocycles. The molecule has 0 radical (unpaired) electrons. The van der Waals surface area contributed by atoms with E-state index in [4.69, 9.17) is 0 Å². The molecule has 4 heterocycles. The van der Waals surface area contributed by atoms with Crippen molar-refractivity contribution in [3.05, 3.63) is 43.0 Å². The van der Waals surface area contributed by atoms with Gasteiger partial charge >= 0.3 is 0 Å². The van der Waals surface area contributed by atoms with Crippen LogP contribution in [-0.2, 0) is 0 Å². The van der Waals surface area contributed by atoms with Gasteiger partial charge in [-0.15, -0.1) is 32.9 Å². The summed E-state index contributed by atoms with van der Waals surface area (Å²) >= 11 is 9.94. The number of imide groups is 1. The maximum Gasteiger partial charge on any atom is 0.263 e. The molecule has 4 rings (SSSR count). The van der Waals surface area contributed by atoms with Crippen molar-refractivity contribution in [2.45, 2.75) is 71.6 Å². The van der Waals surface area contributed by atoms with Crippen LogP contribution in [-0.4, -0.2) is 33.5 Å². The van der Waals surface area contributed by atoms with Gasteiger partial charge in [-0.2, -0.15) is 0 Å². The maximum absolute atomic E-state index is 13.7. The van der Waals surface area contributed by atoms with Crippen molar-refractivity contribution < 1.29 is 9.59 Å². The molecular formula is C27H31Br2N3O2S2. The monoisotopic (exact) mass is 651 g/mol. The Morgan fingerprint density at radius 2 is 1.25 bits per heavy atom. The summed E-state index contributed by atoms with van der Waals surface area (Å²) < 4.78 is 1.87. The van der Waals surface area contributed by atoms with Crippen molar-refractivity contribution in [3.63, 3.8) is 0 Å². The van der Waals surface area contributed by atoms with E-state index in [9.17, 15) is 9.59 Å². The number of hydrogen-bond donors (Lipinski definition) is 0. The predicted octanol–water partition coefficient (Wildman–Crippen LogP) is 9.22. The quantitative estimate of drug-likeness (QED) is 0.136. The summed E-state index contributed by atoms with van der Waals surface area (Å²) in [4.78, 5) is 30.4. The van der Waals surface area contributed by atoms with E-state index in [2.05, 4.69) is 55.9 Å². The lowest BCUT2D eigenvalue weighted by molar-refractivity contribution is 0.0630. The number of carbonyl (C=O) groups is 2. The molecule has 1 unspecified atom stereocenters. The molecule has 0 saturated carbocycles. The largest absolute Gasteiger partial charge is 0.274 e. The highest BCUT2D eigenvalue weighted by Gasteiger charge is 2.42. The van der Waals surface area contributed by atoms with Crippen molar-refractivity contribution in [2.75, 3.05) is 6.54 Å². The lowest BCUT2D eigenvalue weighted by Gasteiger charge is -2.19. The van der Waals surface area contributed by atoms with Crippen LogP contribution in [0.15, 0.2) is 31.8 Å². The van der Waals surface area contributed by atoms with Gasteiger partial charge in [-0.1, -0.05) is 65.2 Å². The fourth-order valence-electron chi connectivity index (χ4n) is 4.64. The van der Waals surface area contributed by atoms with Crippen LogP contribution in [0, 0.1) is 5.92 Å². The smallest absolute Gasteiger partial charge is 0.263 e. The fourth-order valence-corrected chi connectivity index (χ4v) is 7.39. The molecule has 0 spiro atoms. The second-order valence-corrected chi connectivity index (χ2v) is 14.4. The Morgan fingerprint density at radius 3 is 1.69 bits per heavy atom. The van der Waals surface area contributed by atoms with E-state index in [1.807, 2.05) is 24.3 Å². The molecule has 3 aromatic rings. The first-order valence-electron chi connectivity index (χ1n) is 12.7. The Morgan fingerprint density at radius 1 is 0.778 bits per heavy atom. The van der Waals surface area contributed by atoms with Gasteiger partial charge in [0.1, 0.15) is 11.4 Å². The molecule has 3 aromatic heterocycles. The summed E-state index contributed by atoms with van der Waals surface area (Å²) in [5.74, 6) is -0.278. The highest BCUT2D eigenvalue weighted by Crippen LogP contribution is 2.41. The average molecular weight is 654 g/mol. The Kier molecular flexibility index (Phi) is 9.89. The number of thiophene rings is 2. The number of halogens is 2. The van der Waals surface area contributed by atoms with E-state index in [-0.39, 0.29) is 17.7 Å². The summed E-state index contributed by atoms with van der Waals surface area (Å²) in [5.41, 5.74) is 1.72. The van der Waals surface area contributed by atoms with Gasteiger partial charge < -0.3 is 0 Å². The third-order valence-electron chi connectivity index (χ3n) is 6.55. The summed E-state index contributed by atoms with van der Waals surface area (Å²) in [6.45, 7) is 4.80. The van der Waals surface area contributed by atoms with Crippen LogP contribution >= 0.6 is 54.5 Å². The maximum atomic E-state index is 13.7. The number of unbranched alkanes of at least 4 members (excludes halogenated alkanes) is 7. The van der Waals surface area contributed by atoms with Crippen LogP contribution in [0.2, 0.25) is 0 Å². The second kappa shape index (κ2) is 12.9. The van der Waals surface area contributed by atoms with Gasteiger partial charge in [0.25, 0.3) is 11.8 Å². The normalized spacial score (nSPS) is 14.1. The van der Waals surface area contributed by atoms with Crippen molar-refractivity contribution in [1.29, 1.82) is 0 Å². The zero-order valence-corrected chi connectivity index (χ0v) is 25.5. The molecule has 0 saturated heterocycles. The number of rotatable bonds is 13. The van der Waals surface area contributed by atoms with E-state index >= 15 is 0 Å². The summed E-state index contributed by atoms with van der Waals surface area (Å²) in [6.07, 6.45) is 11.2. The van der Waals surface area contributed by atoms with Crippen LogP contribution in [0.5, 0.6) is 0 Å². The number of amides is 2. The second-order valence-electron chi connectivity index (χ2n) is 9.44. The lowest BCUT2D eigenvalue weighted by Crippen LogP contribution is -2.34. The van der Waals surface area contributed by atoms with Crippen LogP contribution in [0.4, 0.5) is 0 Å². The van der Waals surface area contributed by atoms with Gasteiger partial charge in [0, 0.05) is 6.54 Å². The Labute approximate surface area is 238 Å². The Balaban J connectivity index is 1.49. The van der Waals surface area contributed by atoms with E-state index < -0.39 is 0 Å². The molecule has 9 heteroatoms. The van der Waals surface area contributed by atoms with Crippen molar-refractivity contribution >= 4 is 66.3 Å². The van der Waals surface area contributed by atoms with Gasteiger partial charge in [-0.3, -0.25) is 14.5 Å². The Hall–Kier alpha value is -1.42. The van der Waals surface area contributed by atoms with Crippen LogP contribution in [0.25, 0.3) is 21.1 Å². The number of fused-ring (bicyclic) bond motifs is 1. The number of aromatic nitrogens is 2. The molecule has 0 aromatic carbocycles. The van der Waals surface area contributed by atoms with Crippen molar-refractivity contribution in [3.8, 4) is 21.1 Å². The predicted molar refractivity (Wildman–Crippen MR) is 156 cm³/mol. The van der Waals surface area contributed by atoms with Gasteiger partial charge in [-0.05, 0) is 68.5 Å². The van der Waals surface area contributed by atoms with E-state index in [0.717, 1.165) is 30.2 Å². The third-order valence-corrected chi connectivity index (χ3v) is 9.81. The minimum Gasteiger partial charge on any atom is -0.274 e. The average Bonchev–Trinajstić information content (AvgIpc) is 3.55. The molecule has 0 bridgehead atoms. The van der Waals surface area contributed by atoms with Crippen molar-refractivity contribution in [1.82, 2.24) is 15.1 Å². The molecule has 192 valence electrons. The third kappa shape index (κ3) is 6.34. The first-order chi connectivity index (χ1) is 17.4. The standard InChI is InChI=1S/C27H31Br2N3O2S2/c1-3-4-5-6-7-8-9-10-11-17(2)16-32-26(33)22-23(27(32)34)25(19-13-15-21(29)36-19)31-30-24(22)18-12-14-20(28)35-18/h12-15,17H,3-11,16H2,1-2H3. The van der Waals surface area contributed by atoms with Gasteiger partial charge in [0.05, 0.1) is 28.5 Å². The first kappa shape index (κ1) is 27.6. The molecule has 36 heavy (non-hydrogen) atoms. The van der Waals surface area contributed by atoms with Gasteiger partial charge in [0.15, 0.2) is 0 Å². The highest BCUT2D eigenvalue weighted by atomic mass is 79.9. The molecule has 1 atom stereocenters. The number of hydrogen-bond acceptors (Lipinski definition) is 6. The molecule has 0 fully saturated rings. The molecule has 1 aliphatic rings. The SMILES string of the molecule is CCCCCCCCCCC(C)CN1C(=O)c2c(-c3ccc(Br)s3)nnc(-c3ccc(Br)s3)c2C1=O. The van der Waals surface area contributed by atoms with E-state index in [0.29, 0.717) is 29.1 Å². The lowest BCUT2D eigenvalue weighted by atomic mass is 10.0. The Bertz CT molecular complexity index is 1140. The van der Waals surface area contributed by atoms with Crippen molar-refractivity contribution in [2.24, 2.45) is 5.92 Å². The van der Waals surface area contributed by atoms with E-state index in [1.54, 1.807) is 0 Å². The van der Waals surface area contributed by atoms with Crippen LogP contribution in [0.1, 0.15) is 92.4 Å². The van der Waals surface area contributed by atoms with Crippen LogP contribution in [0.3, 0.4) is 0 Å². The number of carbonyl (C=O) groups excluding carboxylic acids is 2. The van der Waals surface area contributed by atoms with Crippen LogP contribution < -0.4 is 0 Å². The van der Waals surface area contributed by atoms with E-state index in [1.165, 1.54) is 72.5 Å². The zero-order valence-electron chi connectivity index (χ0n) is 20.7. The fraction of sp³-hybridized carbons (Fsp3) is 0.481. The number of nitrogens with zero attached hydrogens (tertiary/aromatic N) is 3. The minimum atomic E-state index is -0.260. The molecule has 0 N–H and O–H groups in total. The minimum absolute atomic E-state index is 0.242. The molecule has 1 aliphatic heterocycles. The topological polar surface area (TPSA) is 63.2 Å². The van der Waals surface area contributed by atoms with Gasteiger partial charge in [-0.25, -0.2) is 0 Å².